The highest BCUT2D eigenvalue weighted by Gasteiger charge is 2.09. The zero-order valence-electron chi connectivity index (χ0n) is 9.58. The summed E-state index contributed by atoms with van der Waals surface area (Å²) in [5.74, 6) is 0. The van der Waals surface area contributed by atoms with Crippen molar-refractivity contribution in [1.29, 1.82) is 0 Å². The van der Waals surface area contributed by atoms with Crippen molar-refractivity contribution in [1.82, 2.24) is 4.98 Å². The third-order valence-corrected chi connectivity index (χ3v) is 4.57. The standard InChI is InChI=1S/C14H9BrClNS/c1-8-6-11(9-2-4-10(16)5-3-9)13-12(7-8)17-14(15)18-13/h2-7H,1H3. The number of hydrogen-bond acceptors (Lipinski definition) is 2. The maximum absolute atomic E-state index is 5.94. The summed E-state index contributed by atoms with van der Waals surface area (Å²) < 4.78 is 2.12. The van der Waals surface area contributed by atoms with Crippen LogP contribution in [0.2, 0.25) is 5.02 Å². The highest BCUT2D eigenvalue weighted by atomic mass is 79.9. The average Bonchev–Trinajstić information content (AvgIpc) is 2.69. The van der Waals surface area contributed by atoms with E-state index in [1.54, 1.807) is 11.3 Å². The van der Waals surface area contributed by atoms with Crippen LogP contribution in [-0.4, -0.2) is 4.98 Å². The number of rotatable bonds is 1. The molecule has 3 rings (SSSR count). The molecule has 0 spiro atoms. The van der Waals surface area contributed by atoms with Crippen LogP contribution in [0, 0.1) is 6.92 Å². The van der Waals surface area contributed by atoms with Crippen molar-refractivity contribution in [3.8, 4) is 11.1 Å². The van der Waals surface area contributed by atoms with Gasteiger partial charge >= 0.3 is 0 Å². The average molecular weight is 339 g/mol. The Labute approximate surface area is 123 Å². The Balaban J connectivity index is 2.30. The molecule has 0 amide bonds. The van der Waals surface area contributed by atoms with Crippen LogP contribution in [-0.2, 0) is 0 Å². The number of hydrogen-bond donors (Lipinski definition) is 0. The molecule has 0 radical (unpaired) electrons. The number of aromatic nitrogens is 1. The Hall–Kier alpha value is -0.900. The fourth-order valence-electron chi connectivity index (χ4n) is 1.99. The molecule has 1 nitrogen and oxygen atoms in total. The van der Waals surface area contributed by atoms with E-state index in [-0.39, 0.29) is 0 Å². The molecule has 0 N–H and O–H groups in total. The van der Waals surface area contributed by atoms with Crippen molar-refractivity contribution < 1.29 is 0 Å². The molecule has 0 atom stereocenters. The highest BCUT2D eigenvalue weighted by Crippen LogP contribution is 2.36. The maximum atomic E-state index is 5.94. The van der Waals surface area contributed by atoms with Gasteiger partial charge in [0.05, 0.1) is 10.2 Å². The number of halogens is 2. The van der Waals surface area contributed by atoms with E-state index in [2.05, 4.69) is 40.0 Å². The van der Waals surface area contributed by atoms with Gasteiger partial charge in [-0.3, -0.25) is 0 Å². The molecule has 0 fully saturated rings. The monoisotopic (exact) mass is 337 g/mol. The van der Waals surface area contributed by atoms with Crippen molar-refractivity contribution in [2.45, 2.75) is 6.92 Å². The lowest BCUT2D eigenvalue weighted by Crippen LogP contribution is -1.81. The van der Waals surface area contributed by atoms with Gasteiger partial charge < -0.3 is 0 Å². The fraction of sp³-hybridized carbons (Fsp3) is 0.0714. The molecular weight excluding hydrogens is 330 g/mol. The maximum Gasteiger partial charge on any atom is 0.160 e. The first-order valence-electron chi connectivity index (χ1n) is 5.46. The summed E-state index contributed by atoms with van der Waals surface area (Å²) in [4.78, 5) is 4.49. The van der Waals surface area contributed by atoms with E-state index < -0.39 is 0 Å². The summed E-state index contributed by atoms with van der Waals surface area (Å²) in [6.45, 7) is 2.09. The lowest BCUT2D eigenvalue weighted by atomic mass is 10.0. The summed E-state index contributed by atoms with van der Waals surface area (Å²) in [5.41, 5.74) is 4.64. The van der Waals surface area contributed by atoms with Crippen molar-refractivity contribution in [3.63, 3.8) is 0 Å². The van der Waals surface area contributed by atoms with Gasteiger partial charge in [-0.05, 0) is 58.2 Å². The molecule has 3 aromatic rings. The molecule has 0 saturated carbocycles. The van der Waals surface area contributed by atoms with E-state index in [1.165, 1.54) is 21.4 Å². The zero-order chi connectivity index (χ0) is 12.7. The number of thiazole rings is 1. The smallest absolute Gasteiger partial charge is 0.160 e. The molecule has 2 aromatic carbocycles. The number of benzene rings is 2. The van der Waals surface area contributed by atoms with Gasteiger partial charge in [0, 0.05) is 10.6 Å². The summed E-state index contributed by atoms with van der Waals surface area (Å²) in [6.07, 6.45) is 0. The van der Waals surface area contributed by atoms with Crippen LogP contribution in [0.5, 0.6) is 0 Å². The van der Waals surface area contributed by atoms with Crippen molar-refractivity contribution in [2.24, 2.45) is 0 Å². The van der Waals surface area contributed by atoms with Gasteiger partial charge in [-0.15, -0.1) is 11.3 Å². The molecule has 4 heteroatoms. The zero-order valence-corrected chi connectivity index (χ0v) is 12.7. The second-order valence-corrected chi connectivity index (χ2v) is 6.85. The van der Waals surface area contributed by atoms with Crippen molar-refractivity contribution >= 4 is 49.1 Å². The van der Waals surface area contributed by atoms with Gasteiger partial charge in [0.25, 0.3) is 0 Å². The van der Waals surface area contributed by atoms with Gasteiger partial charge in [0.1, 0.15) is 0 Å². The van der Waals surface area contributed by atoms with Crippen LogP contribution in [0.25, 0.3) is 21.3 Å². The first-order chi connectivity index (χ1) is 8.63. The summed E-state index contributed by atoms with van der Waals surface area (Å²) >= 11 is 11.0. The minimum Gasteiger partial charge on any atom is -0.229 e. The largest absolute Gasteiger partial charge is 0.229 e. The van der Waals surface area contributed by atoms with Gasteiger partial charge in [0.15, 0.2) is 3.92 Å². The SMILES string of the molecule is Cc1cc(-c2ccc(Cl)cc2)c2sc(Br)nc2c1. The van der Waals surface area contributed by atoms with E-state index in [9.17, 15) is 0 Å². The van der Waals surface area contributed by atoms with Crippen LogP contribution in [0.15, 0.2) is 40.3 Å². The Morgan fingerprint density at radius 3 is 2.61 bits per heavy atom. The lowest BCUT2D eigenvalue weighted by Gasteiger charge is -2.04. The van der Waals surface area contributed by atoms with Crippen LogP contribution in [0.3, 0.4) is 0 Å². The molecule has 1 heterocycles. The summed E-state index contributed by atoms with van der Waals surface area (Å²) in [5, 5.41) is 0.758. The van der Waals surface area contributed by atoms with Crippen molar-refractivity contribution in [2.75, 3.05) is 0 Å². The van der Waals surface area contributed by atoms with E-state index in [4.69, 9.17) is 11.6 Å². The van der Waals surface area contributed by atoms with E-state index in [0.717, 1.165) is 14.5 Å². The number of nitrogens with zero attached hydrogens (tertiary/aromatic N) is 1. The first-order valence-corrected chi connectivity index (χ1v) is 7.45. The minimum atomic E-state index is 0.758. The molecule has 0 aliphatic heterocycles. The first kappa shape index (κ1) is 12.2. The second kappa shape index (κ2) is 4.65. The molecule has 0 bridgehead atoms. The molecule has 0 aliphatic rings. The third kappa shape index (κ3) is 2.18. The molecule has 90 valence electrons. The quantitative estimate of drug-likeness (QED) is 0.555. The molecule has 0 aliphatic carbocycles. The van der Waals surface area contributed by atoms with Crippen molar-refractivity contribution in [3.05, 3.63) is 50.9 Å². The van der Waals surface area contributed by atoms with Crippen LogP contribution < -0.4 is 0 Å². The van der Waals surface area contributed by atoms with E-state index >= 15 is 0 Å². The minimum absolute atomic E-state index is 0.758. The van der Waals surface area contributed by atoms with Crippen LogP contribution >= 0.6 is 38.9 Å². The summed E-state index contributed by atoms with van der Waals surface area (Å²) in [7, 11) is 0. The Kier molecular flexibility index (Phi) is 3.14. The van der Waals surface area contributed by atoms with Crippen LogP contribution in [0.4, 0.5) is 0 Å². The van der Waals surface area contributed by atoms with Gasteiger partial charge in [0.2, 0.25) is 0 Å². The number of aryl methyl sites for hydroxylation is 1. The predicted molar refractivity (Wildman–Crippen MR) is 82.5 cm³/mol. The summed E-state index contributed by atoms with van der Waals surface area (Å²) in [6, 6.07) is 12.2. The van der Waals surface area contributed by atoms with Gasteiger partial charge in [-0.1, -0.05) is 23.7 Å². The second-order valence-electron chi connectivity index (χ2n) is 4.13. The van der Waals surface area contributed by atoms with Gasteiger partial charge in [-0.25, -0.2) is 4.98 Å². The molecule has 1 aromatic heterocycles. The molecule has 0 saturated heterocycles. The lowest BCUT2D eigenvalue weighted by molar-refractivity contribution is 1.42. The Morgan fingerprint density at radius 2 is 1.89 bits per heavy atom. The van der Waals surface area contributed by atoms with Gasteiger partial charge in [-0.2, -0.15) is 0 Å². The van der Waals surface area contributed by atoms with E-state index in [0.29, 0.717) is 0 Å². The predicted octanol–water partition coefficient (Wildman–Crippen LogP) is 5.69. The normalized spacial score (nSPS) is 11.1. The molecular formula is C14H9BrClNS. The number of fused-ring (bicyclic) bond motifs is 1. The fourth-order valence-corrected chi connectivity index (χ4v) is 3.60. The Morgan fingerprint density at radius 1 is 1.17 bits per heavy atom. The van der Waals surface area contributed by atoms with E-state index in [1.807, 2.05) is 24.3 Å². The van der Waals surface area contributed by atoms with Crippen LogP contribution in [0.1, 0.15) is 5.56 Å². The third-order valence-electron chi connectivity index (χ3n) is 2.76. The topological polar surface area (TPSA) is 12.9 Å². The Bertz CT molecular complexity index is 718. The highest BCUT2D eigenvalue weighted by molar-refractivity contribution is 9.11. The molecule has 18 heavy (non-hydrogen) atoms. The molecule has 0 unspecified atom stereocenters.